The highest BCUT2D eigenvalue weighted by molar-refractivity contribution is 7.97. The molecular weight excluding hydrogens is 146 g/mol. The molecule has 2 nitrogen and oxygen atoms in total. The summed E-state index contributed by atoms with van der Waals surface area (Å²) in [5.41, 5.74) is -0.0619. The zero-order valence-corrected chi connectivity index (χ0v) is 8.29. The van der Waals surface area contributed by atoms with Crippen LogP contribution in [0.5, 0.6) is 0 Å². The van der Waals surface area contributed by atoms with E-state index in [1.807, 2.05) is 27.8 Å². The minimum atomic E-state index is -2.03. The third-order valence-electron chi connectivity index (χ3n) is 1.52. The fourth-order valence-corrected chi connectivity index (χ4v) is 1.74. The van der Waals surface area contributed by atoms with E-state index < -0.39 is 9.71 Å². The summed E-state index contributed by atoms with van der Waals surface area (Å²) >= 11 is 0. The van der Waals surface area contributed by atoms with Crippen LogP contribution in [-0.4, -0.2) is 33.2 Å². The van der Waals surface area contributed by atoms with E-state index in [1.165, 1.54) is 0 Å². The van der Waals surface area contributed by atoms with Crippen LogP contribution in [0.2, 0.25) is 0 Å². The fraction of sp³-hybridized carbons (Fsp3) is 0.857. The van der Waals surface area contributed by atoms with Gasteiger partial charge in [-0.1, -0.05) is 0 Å². The molecule has 0 fully saturated rings. The van der Waals surface area contributed by atoms with Gasteiger partial charge >= 0.3 is 0 Å². The molecule has 0 aromatic carbocycles. The monoisotopic (exact) mass is 163 g/mol. The topological polar surface area (TPSA) is 20.3 Å². The summed E-state index contributed by atoms with van der Waals surface area (Å²) in [7, 11) is -0.198. The number of rotatable bonds is 1. The molecule has 0 rings (SSSR count). The van der Waals surface area contributed by atoms with E-state index in [0.717, 1.165) is 0 Å². The molecule has 0 N–H and O–H groups in total. The van der Waals surface area contributed by atoms with Crippen LogP contribution in [0.1, 0.15) is 20.8 Å². The van der Waals surface area contributed by atoms with E-state index in [9.17, 15) is 4.21 Å². The lowest BCUT2D eigenvalue weighted by Gasteiger charge is -2.32. The molecule has 10 heavy (non-hydrogen) atoms. The Kier molecular flexibility index (Phi) is 2.54. The highest BCUT2D eigenvalue weighted by Gasteiger charge is 2.20. The van der Waals surface area contributed by atoms with Crippen LogP contribution in [-0.2, 0) is 9.71 Å². The van der Waals surface area contributed by atoms with Crippen LogP contribution in [0, 0.1) is 0 Å². The molecule has 1 atom stereocenters. The second kappa shape index (κ2) is 2.55. The molecule has 0 aliphatic carbocycles. The van der Waals surface area contributed by atoms with Gasteiger partial charge in [-0.15, -0.1) is 0 Å². The van der Waals surface area contributed by atoms with Crippen LogP contribution in [0.3, 0.4) is 0 Å². The summed E-state index contributed by atoms with van der Waals surface area (Å²) < 4.78 is 13.1. The maximum atomic E-state index is 11.3. The molecule has 0 heterocycles. The summed E-state index contributed by atoms with van der Waals surface area (Å²) in [4.78, 5) is 0. The molecular formula is C7H17NOS. The Morgan fingerprint density at radius 1 is 1.40 bits per heavy atom. The maximum absolute atomic E-state index is 11.3. The van der Waals surface area contributed by atoms with Crippen molar-refractivity contribution in [2.75, 3.05) is 13.3 Å². The van der Waals surface area contributed by atoms with Crippen LogP contribution in [0.4, 0.5) is 0 Å². The van der Waals surface area contributed by atoms with Gasteiger partial charge in [0.05, 0.1) is 0 Å². The van der Waals surface area contributed by atoms with Gasteiger partial charge in [0.25, 0.3) is 0 Å². The summed E-state index contributed by atoms with van der Waals surface area (Å²) in [6.07, 6.45) is 1.65. The average Bonchev–Trinajstić information content (AvgIpc) is 1.59. The smallest absolute Gasteiger partial charge is 0.0247 e. The Hall–Kier alpha value is -0.0200. The molecule has 0 aromatic heterocycles. The Morgan fingerprint density at radius 2 is 1.70 bits per heavy atom. The molecule has 0 aromatic rings. The van der Waals surface area contributed by atoms with Crippen molar-refractivity contribution in [3.63, 3.8) is 0 Å². The zero-order valence-electron chi connectivity index (χ0n) is 7.47. The van der Waals surface area contributed by atoms with Crippen LogP contribution in [0.25, 0.3) is 0 Å². The Balaban J connectivity index is 4.56. The predicted molar refractivity (Wildman–Crippen MR) is 48.7 cm³/mol. The van der Waals surface area contributed by atoms with Gasteiger partial charge in [0, 0.05) is 21.5 Å². The second-order valence-electron chi connectivity index (χ2n) is 3.63. The Labute approximate surface area is 64.4 Å². The SMILES string of the molecule is C=S(C)(=O)N(C)C(C)(C)C. The lowest BCUT2D eigenvalue weighted by atomic mass is 10.1. The Bertz CT molecular complexity index is 198. The second-order valence-corrected chi connectivity index (χ2v) is 6.09. The summed E-state index contributed by atoms with van der Waals surface area (Å²) in [5.74, 6) is 3.59. The van der Waals surface area contributed by atoms with Crippen molar-refractivity contribution in [1.82, 2.24) is 4.31 Å². The first-order chi connectivity index (χ1) is 4.15. The van der Waals surface area contributed by atoms with Crippen molar-refractivity contribution in [2.45, 2.75) is 26.3 Å². The maximum Gasteiger partial charge on any atom is 0.0247 e. The van der Waals surface area contributed by atoms with E-state index in [0.29, 0.717) is 0 Å². The molecule has 0 saturated heterocycles. The third-order valence-corrected chi connectivity index (χ3v) is 3.23. The summed E-state index contributed by atoms with van der Waals surface area (Å²) in [5, 5.41) is 0. The quantitative estimate of drug-likeness (QED) is 0.528. The first kappa shape index (κ1) is 9.98. The zero-order chi connectivity index (χ0) is 8.58. The average molecular weight is 163 g/mol. The predicted octanol–water partition coefficient (Wildman–Crippen LogP) is 0.978. The molecule has 3 heteroatoms. The van der Waals surface area contributed by atoms with Crippen molar-refractivity contribution in [2.24, 2.45) is 0 Å². The Morgan fingerprint density at radius 3 is 1.70 bits per heavy atom. The third kappa shape index (κ3) is 2.71. The van der Waals surface area contributed by atoms with Gasteiger partial charge in [-0.25, -0.2) is 4.31 Å². The largest absolute Gasteiger partial charge is 0.253 e. The van der Waals surface area contributed by atoms with E-state index >= 15 is 0 Å². The van der Waals surface area contributed by atoms with Gasteiger partial charge in [-0.2, -0.15) is 0 Å². The molecule has 0 saturated carbocycles. The molecule has 1 unspecified atom stereocenters. The highest BCUT2D eigenvalue weighted by Crippen LogP contribution is 2.13. The van der Waals surface area contributed by atoms with Crippen LogP contribution < -0.4 is 0 Å². The molecule has 0 radical (unpaired) electrons. The standard InChI is InChI=1S/C7H17NOS/c1-7(2,3)8(4)10(5,6)9/h5H2,1-4,6H3. The van der Waals surface area contributed by atoms with Gasteiger partial charge in [0.2, 0.25) is 0 Å². The first-order valence-electron chi connectivity index (χ1n) is 3.22. The fourth-order valence-electron chi connectivity index (χ4n) is 0.579. The minimum Gasteiger partial charge on any atom is -0.253 e. The summed E-state index contributed by atoms with van der Waals surface area (Å²) in [6.45, 7) is 6.05. The number of hydrogen-bond donors (Lipinski definition) is 0. The van der Waals surface area contributed by atoms with E-state index in [2.05, 4.69) is 5.87 Å². The van der Waals surface area contributed by atoms with E-state index in [4.69, 9.17) is 0 Å². The van der Waals surface area contributed by atoms with Crippen molar-refractivity contribution in [3.05, 3.63) is 0 Å². The van der Waals surface area contributed by atoms with E-state index in [-0.39, 0.29) is 5.54 Å². The van der Waals surface area contributed by atoms with Crippen LogP contribution >= 0.6 is 0 Å². The summed E-state index contributed by atoms with van der Waals surface area (Å²) in [6, 6.07) is 0. The lowest BCUT2D eigenvalue weighted by Crippen LogP contribution is -2.41. The van der Waals surface area contributed by atoms with E-state index in [1.54, 1.807) is 10.6 Å². The van der Waals surface area contributed by atoms with Crippen LogP contribution in [0.15, 0.2) is 0 Å². The van der Waals surface area contributed by atoms with Gasteiger partial charge in [-0.3, -0.25) is 4.21 Å². The van der Waals surface area contributed by atoms with Gasteiger partial charge in [0.15, 0.2) is 0 Å². The van der Waals surface area contributed by atoms with Crippen molar-refractivity contribution < 1.29 is 4.21 Å². The van der Waals surface area contributed by atoms with Gasteiger partial charge in [-0.05, 0) is 33.7 Å². The lowest BCUT2D eigenvalue weighted by molar-refractivity contribution is 0.307. The normalized spacial score (nSPS) is 19.0. The molecule has 0 spiro atoms. The van der Waals surface area contributed by atoms with Crippen molar-refractivity contribution in [3.8, 4) is 0 Å². The molecule has 0 bridgehead atoms. The minimum absolute atomic E-state index is 0.0619. The number of nitrogens with zero attached hydrogens (tertiary/aromatic N) is 1. The molecule has 0 aliphatic heterocycles. The number of hydrogen-bond acceptors (Lipinski definition) is 1. The molecule has 0 aliphatic rings. The highest BCUT2D eigenvalue weighted by atomic mass is 32.2. The molecule has 0 amide bonds. The van der Waals surface area contributed by atoms with Crippen molar-refractivity contribution >= 4 is 15.6 Å². The molecule has 62 valence electrons. The first-order valence-corrected chi connectivity index (χ1v) is 5.31. The van der Waals surface area contributed by atoms with Gasteiger partial charge < -0.3 is 0 Å². The van der Waals surface area contributed by atoms with Crippen molar-refractivity contribution in [1.29, 1.82) is 0 Å². The van der Waals surface area contributed by atoms with Gasteiger partial charge in [0.1, 0.15) is 0 Å².